The molecule has 0 heterocycles. The lowest BCUT2D eigenvalue weighted by atomic mass is 10.0. The van der Waals surface area contributed by atoms with E-state index in [4.69, 9.17) is 9.47 Å². The van der Waals surface area contributed by atoms with Gasteiger partial charge < -0.3 is 9.47 Å². The van der Waals surface area contributed by atoms with Crippen molar-refractivity contribution in [2.24, 2.45) is 0 Å². The lowest BCUT2D eigenvalue weighted by Gasteiger charge is -2.17. The molecule has 0 aliphatic carbocycles. The molecule has 5 aromatic rings. The van der Waals surface area contributed by atoms with Crippen LogP contribution in [0.5, 0.6) is 17.2 Å². The number of benzene rings is 5. The van der Waals surface area contributed by atoms with Gasteiger partial charge in [0.25, 0.3) is 10.0 Å². The summed E-state index contributed by atoms with van der Waals surface area (Å²) in [5, 5.41) is 2.01. The summed E-state index contributed by atoms with van der Waals surface area (Å²) in [6.07, 6.45) is 0.267. The van der Waals surface area contributed by atoms with Gasteiger partial charge in [0, 0.05) is 6.07 Å². The summed E-state index contributed by atoms with van der Waals surface area (Å²) in [6.45, 7) is 1.86. The van der Waals surface area contributed by atoms with Gasteiger partial charge in [0.15, 0.2) is 0 Å². The molecule has 0 aliphatic rings. The maximum Gasteiger partial charge on any atom is 0.261 e. The van der Waals surface area contributed by atoms with Gasteiger partial charge in [0.05, 0.1) is 29.1 Å². The maximum absolute atomic E-state index is 13.3. The number of hydrogen-bond acceptors (Lipinski definition) is 6. The van der Waals surface area contributed by atoms with E-state index in [1.807, 2.05) is 49.4 Å². The zero-order valence-electron chi connectivity index (χ0n) is 23.1. The van der Waals surface area contributed by atoms with E-state index in [0.717, 1.165) is 21.9 Å². The summed E-state index contributed by atoms with van der Waals surface area (Å²) in [6, 6.07) is 31.3. The van der Waals surface area contributed by atoms with Crippen molar-refractivity contribution in [1.29, 1.82) is 0 Å². The van der Waals surface area contributed by atoms with Crippen LogP contribution >= 0.6 is 0 Å². The van der Waals surface area contributed by atoms with E-state index in [9.17, 15) is 16.8 Å². The van der Waals surface area contributed by atoms with Crippen LogP contribution in [0.3, 0.4) is 0 Å². The van der Waals surface area contributed by atoms with E-state index >= 15 is 0 Å². The number of rotatable bonds is 11. The van der Waals surface area contributed by atoms with Gasteiger partial charge in [-0.1, -0.05) is 60.2 Å². The first-order valence-electron chi connectivity index (χ1n) is 13.1. The van der Waals surface area contributed by atoms with Crippen LogP contribution in [0.25, 0.3) is 10.8 Å². The fourth-order valence-corrected chi connectivity index (χ4v) is 6.61. The molecule has 0 radical (unpaired) electrons. The van der Waals surface area contributed by atoms with Crippen LogP contribution in [0.15, 0.2) is 114 Å². The molecule has 216 valence electrons. The lowest BCUT2D eigenvalue weighted by Crippen LogP contribution is -2.20. The Hall–Kier alpha value is -4.54. The van der Waals surface area contributed by atoms with Crippen LogP contribution in [0.4, 0.5) is 11.4 Å². The molecule has 8 nitrogen and oxygen atoms in total. The summed E-state index contributed by atoms with van der Waals surface area (Å²) in [5.41, 5.74) is 1.91. The number of ether oxygens (including phenoxy) is 2. The first-order valence-corrected chi connectivity index (χ1v) is 16.3. The van der Waals surface area contributed by atoms with Crippen molar-refractivity contribution in [3.63, 3.8) is 0 Å². The quantitative estimate of drug-likeness (QED) is 0.173. The van der Waals surface area contributed by atoms with Gasteiger partial charge in [-0.05, 0) is 78.2 Å². The molecule has 2 N–H and O–H groups in total. The molecule has 5 rings (SSSR count). The molecule has 0 amide bonds. The third kappa shape index (κ3) is 7.02. The van der Waals surface area contributed by atoms with E-state index in [0.29, 0.717) is 17.2 Å². The summed E-state index contributed by atoms with van der Waals surface area (Å²) in [5.74, 6) is 1.25. The Bertz CT molecular complexity index is 1920. The van der Waals surface area contributed by atoms with Gasteiger partial charge >= 0.3 is 0 Å². The number of anilines is 2. The number of hydrogen-bond donors (Lipinski definition) is 2. The molecule has 0 aliphatic heterocycles. The van der Waals surface area contributed by atoms with Gasteiger partial charge in [-0.2, -0.15) is 0 Å². The van der Waals surface area contributed by atoms with Gasteiger partial charge in [-0.3, -0.25) is 9.44 Å². The van der Waals surface area contributed by atoms with Crippen LogP contribution in [0.1, 0.15) is 11.1 Å². The Morgan fingerprint density at radius 1 is 0.667 bits per heavy atom. The van der Waals surface area contributed by atoms with Crippen molar-refractivity contribution in [2.75, 3.05) is 22.3 Å². The third-order valence-corrected chi connectivity index (χ3v) is 9.30. The molecular weight excluding hydrogens is 572 g/mol. The molecule has 0 saturated heterocycles. The van der Waals surface area contributed by atoms with E-state index in [-0.39, 0.29) is 28.4 Å². The number of fused-ring (bicyclic) bond motifs is 1. The summed E-state index contributed by atoms with van der Waals surface area (Å²) in [4.78, 5) is 0.0522. The second kappa shape index (κ2) is 12.1. The largest absolute Gasteiger partial charge is 0.497 e. The number of sulfonamides is 2. The Balaban J connectivity index is 1.43. The van der Waals surface area contributed by atoms with Gasteiger partial charge in [0.1, 0.15) is 17.2 Å². The molecular formula is C32H30N2O6S2. The maximum atomic E-state index is 13.3. The van der Waals surface area contributed by atoms with Crippen molar-refractivity contribution in [3.05, 3.63) is 120 Å². The molecule has 5 aromatic carbocycles. The van der Waals surface area contributed by atoms with E-state index in [1.54, 1.807) is 49.6 Å². The average Bonchev–Trinajstić information content (AvgIpc) is 2.98. The molecule has 10 heteroatoms. The fraction of sp³-hybridized carbons (Fsp3) is 0.125. The first-order chi connectivity index (χ1) is 20.1. The Labute approximate surface area is 246 Å². The molecule has 0 unspecified atom stereocenters. The van der Waals surface area contributed by atoms with Crippen LogP contribution in [0, 0.1) is 6.92 Å². The van der Waals surface area contributed by atoms with Crippen molar-refractivity contribution < 1.29 is 26.3 Å². The van der Waals surface area contributed by atoms with E-state index in [1.165, 1.54) is 24.3 Å². The SMILES string of the molecule is COc1ccc(Oc2ccc(NS(=O)(=O)c3ccc(C)cc3)c(NS(=O)(=O)CCc3cccc4ccccc34)c2)cc1. The minimum atomic E-state index is -4.01. The van der Waals surface area contributed by atoms with Crippen LogP contribution in [-0.2, 0) is 26.5 Å². The number of nitrogens with one attached hydrogen (secondary N) is 2. The second-order valence-electron chi connectivity index (χ2n) is 9.71. The number of aryl methyl sites for hydroxylation is 2. The average molecular weight is 603 g/mol. The highest BCUT2D eigenvalue weighted by atomic mass is 32.2. The molecule has 0 atom stereocenters. The molecule has 0 bridgehead atoms. The molecule has 0 fully saturated rings. The van der Waals surface area contributed by atoms with Crippen molar-refractivity contribution in [1.82, 2.24) is 0 Å². The Morgan fingerprint density at radius 2 is 1.33 bits per heavy atom. The number of methoxy groups -OCH3 is 1. The predicted octanol–water partition coefficient (Wildman–Crippen LogP) is 6.73. The van der Waals surface area contributed by atoms with Crippen LogP contribution < -0.4 is 18.9 Å². The topological polar surface area (TPSA) is 111 Å². The molecule has 0 aromatic heterocycles. The molecule has 0 spiro atoms. The first kappa shape index (κ1) is 29.0. The summed E-state index contributed by atoms with van der Waals surface area (Å²) < 4.78 is 69.2. The van der Waals surface area contributed by atoms with Crippen LogP contribution in [-0.4, -0.2) is 29.7 Å². The standard InChI is InChI=1S/C32H30N2O6S2/c1-23-10-17-29(18-11-23)42(37,38)34-31-19-16-28(40-27-14-12-26(39-2)13-15-27)22-32(31)33-41(35,36)21-20-25-8-5-7-24-6-3-4-9-30(24)25/h3-19,22,33-34H,20-21H2,1-2H3. The minimum absolute atomic E-state index is 0.0367. The normalized spacial score (nSPS) is 11.7. The molecule has 42 heavy (non-hydrogen) atoms. The molecule has 0 saturated carbocycles. The smallest absolute Gasteiger partial charge is 0.261 e. The van der Waals surface area contributed by atoms with E-state index in [2.05, 4.69) is 9.44 Å². The van der Waals surface area contributed by atoms with Crippen molar-refractivity contribution in [2.45, 2.75) is 18.2 Å². The van der Waals surface area contributed by atoms with Crippen molar-refractivity contribution >= 4 is 42.2 Å². The van der Waals surface area contributed by atoms with E-state index < -0.39 is 20.0 Å². The van der Waals surface area contributed by atoms with Crippen molar-refractivity contribution in [3.8, 4) is 17.2 Å². The lowest BCUT2D eigenvalue weighted by molar-refractivity contribution is 0.413. The van der Waals surface area contributed by atoms with Gasteiger partial charge in [-0.25, -0.2) is 16.8 Å². The highest BCUT2D eigenvalue weighted by Crippen LogP contribution is 2.33. The Kier molecular flexibility index (Phi) is 8.37. The monoisotopic (exact) mass is 602 g/mol. The summed E-state index contributed by atoms with van der Waals surface area (Å²) >= 11 is 0. The zero-order chi connectivity index (χ0) is 29.7. The summed E-state index contributed by atoms with van der Waals surface area (Å²) in [7, 11) is -6.35. The fourth-order valence-electron chi connectivity index (χ4n) is 4.43. The Morgan fingerprint density at radius 3 is 2.07 bits per heavy atom. The highest BCUT2D eigenvalue weighted by molar-refractivity contribution is 7.93. The van der Waals surface area contributed by atoms with Gasteiger partial charge in [0.2, 0.25) is 10.0 Å². The third-order valence-electron chi connectivity index (χ3n) is 6.65. The zero-order valence-corrected chi connectivity index (χ0v) is 24.7. The van der Waals surface area contributed by atoms with Gasteiger partial charge in [-0.15, -0.1) is 0 Å². The highest BCUT2D eigenvalue weighted by Gasteiger charge is 2.20. The minimum Gasteiger partial charge on any atom is -0.497 e. The van der Waals surface area contributed by atoms with Crippen LogP contribution in [0.2, 0.25) is 0 Å². The predicted molar refractivity (Wildman–Crippen MR) is 167 cm³/mol. The second-order valence-corrected chi connectivity index (χ2v) is 13.2.